The van der Waals surface area contributed by atoms with Crippen LogP contribution in [0.3, 0.4) is 0 Å². The number of imide groups is 1. The zero-order chi connectivity index (χ0) is 17.5. The maximum atomic E-state index is 13.3. The van der Waals surface area contributed by atoms with E-state index in [1.807, 2.05) is 29.1 Å². The zero-order valence-corrected chi connectivity index (χ0v) is 16.9. The Morgan fingerprint density at radius 2 is 1.64 bits per heavy atom. The molecule has 4 nitrogen and oxygen atoms in total. The molecule has 1 unspecified atom stereocenters. The Kier molecular flexibility index (Phi) is 5.40. The van der Waals surface area contributed by atoms with Crippen molar-refractivity contribution >= 4 is 32.4 Å². The predicted octanol–water partition coefficient (Wildman–Crippen LogP) is 3.69. The topological polar surface area (TPSA) is 40.6 Å². The number of amides is 3. The van der Waals surface area contributed by atoms with Crippen LogP contribution < -0.4 is 0 Å². The molecular weight excluding hydrogens is 316 g/mol. The van der Waals surface area contributed by atoms with E-state index in [9.17, 15) is 9.59 Å². The standard InChI is InChI=1S/C16H32N2O2S2/c1-10-11-16(13(2)3)12-17(21(4,5)6)15(20)18(14(16)19)22(7,8)9/h10,13H,1,11-12H2,2-9H3. The van der Waals surface area contributed by atoms with Gasteiger partial charge >= 0.3 is 6.03 Å². The fourth-order valence-corrected chi connectivity index (χ4v) is 5.23. The highest BCUT2D eigenvalue weighted by Gasteiger charge is 2.55. The second-order valence-electron chi connectivity index (χ2n) is 7.77. The van der Waals surface area contributed by atoms with Crippen LogP contribution in [-0.2, 0) is 4.79 Å². The summed E-state index contributed by atoms with van der Waals surface area (Å²) in [6.45, 7) is 8.49. The summed E-state index contributed by atoms with van der Waals surface area (Å²) in [7, 11) is -2.71. The SMILES string of the molecule is C=CCC1(C(C)C)CN(S(C)(C)C)C(=O)N(S(C)(C)C)C1=O. The second-order valence-corrected chi connectivity index (χ2v) is 15.7. The molecular formula is C16H32N2O2S2. The lowest BCUT2D eigenvalue weighted by atomic mass is 9.72. The molecule has 1 rings (SSSR count). The van der Waals surface area contributed by atoms with E-state index >= 15 is 0 Å². The molecule has 22 heavy (non-hydrogen) atoms. The summed E-state index contributed by atoms with van der Waals surface area (Å²) in [4.78, 5) is 26.3. The Balaban J connectivity index is 3.51. The molecule has 0 aromatic rings. The number of hydrogen-bond donors (Lipinski definition) is 0. The molecule has 0 aliphatic carbocycles. The fraction of sp³-hybridized carbons (Fsp3) is 0.750. The van der Waals surface area contributed by atoms with Crippen molar-refractivity contribution in [2.24, 2.45) is 11.3 Å². The van der Waals surface area contributed by atoms with Gasteiger partial charge in [-0.15, -0.1) is 6.58 Å². The summed E-state index contributed by atoms with van der Waals surface area (Å²) in [5, 5.41) is 0. The van der Waals surface area contributed by atoms with Gasteiger partial charge in [0.05, 0.1) is 5.41 Å². The summed E-state index contributed by atoms with van der Waals surface area (Å²) in [6, 6.07) is -0.115. The van der Waals surface area contributed by atoms with E-state index in [0.717, 1.165) is 0 Å². The second kappa shape index (κ2) is 6.11. The van der Waals surface area contributed by atoms with Crippen molar-refractivity contribution in [2.75, 3.05) is 44.1 Å². The van der Waals surface area contributed by atoms with Crippen molar-refractivity contribution in [3.63, 3.8) is 0 Å². The van der Waals surface area contributed by atoms with Gasteiger partial charge in [0, 0.05) is 6.54 Å². The van der Waals surface area contributed by atoms with Crippen LogP contribution >= 0.6 is 20.4 Å². The third kappa shape index (κ3) is 3.32. The van der Waals surface area contributed by atoms with E-state index in [1.54, 1.807) is 4.31 Å². The lowest BCUT2D eigenvalue weighted by molar-refractivity contribution is -0.140. The molecule has 1 atom stereocenters. The van der Waals surface area contributed by atoms with Crippen molar-refractivity contribution in [3.8, 4) is 0 Å². The average molecular weight is 349 g/mol. The highest BCUT2D eigenvalue weighted by Crippen LogP contribution is 2.54. The molecule has 1 fully saturated rings. The maximum absolute atomic E-state index is 13.3. The lowest BCUT2D eigenvalue weighted by Crippen LogP contribution is -2.63. The molecule has 1 aliphatic rings. The van der Waals surface area contributed by atoms with Crippen molar-refractivity contribution in [1.29, 1.82) is 0 Å². The summed E-state index contributed by atoms with van der Waals surface area (Å²) in [6.07, 6.45) is 14.8. The van der Waals surface area contributed by atoms with Gasteiger partial charge in [-0.25, -0.2) is 9.10 Å². The van der Waals surface area contributed by atoms with E-state index in [1.165, 1.54) is 0 Å². The molecule has 0 spiro atoms. The first-order valence-corrected chi connectivity index (χ1v) is 13.1. The minimum Gasteiger partial charge on any atom is -0.285 e. The summed E-state index contributed by atoms with van der Waals surface area (Å²) < 4.78 is 3.49. The molecule has 130 valence electrons. The third-order valence-corrected chi connectivity index (χ3v) is 7.27. The first-order valence-electron chi connectivity index (χ1n) is 7.43. The van der Waals surface area contributed by atoms with E-state index in [0.29, 0.717) is 13.0 Å². The van der Waals surface area contributed by atoms with Crippen LogP contribution in [0.1, 0.15) is 20.3 Å². The van der Waals surface area contributed by atoms with E-state index in [2.05, 4.69) is 39.2 Å². The average Bonchev–Trinajstić information content (AvgIpc) is 2.29. The van der Waals surface area contributed by atoms with Crippen LogP contribution in [0, 0.1) is 11.3 Å². The van der Waals surface area contributed by atoms with Gasteiger partial charge in [-0.2, -0.15) is 20.4 Å². The highest BCUT2D eigenvalue weighted by molar-refractivity contribution is 8.31. The molecule has 0 aromatic carbocycles. The number of carbonyl (C=O) groups is 2. The van der Waals surface area contributed by atoms with Crippen molar-refractivity contribution in [1.82, 2.24) is 8.61 Å². The van der Waals surface area contributed by atoms with Crippen LogP contribution in [0.15, 0.2) is 12.7 Å². The van der Waals surface area contributed by atoms with Crippen molar-refractivity contribution in [3.05, 3.63) is 12.7 Å². The van der Waals surface area contributed by atoms with Crippen molar-refractivity contribution < 1.29 is 9.59 Å². The lowest BCUT2D eigenvalue weighted by Gasteiger charge is -2.56. The minimum atomic E-state index is -1.47. The number of urea groups is 1. The van der Waals surface area contributed by atoms with Crippen molar-refractivity contribution in [2.45, 2.75) is 20.3 Å². The van der Waals surface area contributed by atoms with Gasteiger partial charge in [0.2, 0.25) is 5.91 Å². The van der Waals surface area contributed by atoms with Crippen LogP contribution in [0.5, 0.6) is 0 Å². The smallest absolute Gasteiger partial charge is 0.285 e. The Morgan fingerprint density at radius 3 is 1.95 bits per heavy atom. The molecule has 6 heteroatoms. The predicted molar refractivity (Wildman–Crippen MR) is 102 cm³/mol. The molecule has 0 aromatic heterocycles. The Bertz CT molecular complexity index is 478. The summed E-state index contributed by atoms with van der Waals surface area (Å²) in [5.74, 6) is 0.134. The number of rotatable bonds is 5. The quantitative estimate of drug-likeness (QED) is 0.711. The fourth-order valence-electron chi connectivity index (χ4n) is 2.77. The Morgan fingerprint density at radius 1 is 1.14 bits per heavy atom. The number of nitrogens with zero attached hydrogens (tertiary/aromatic N) is 2. The largest absolute Gasteiger partial charge is 0.344 e. The third-order valence-electron chi connectivity index (χ3n) is 4.25. The number of hydrogen-bond acceptors (Lipinski definition) is 2. The van der Waals surface area contributed by atoms with E-state index in [-0.39, 0.29) is 17.9 Å². The molecule has 0 radical (unpaired) electrons. The van der Waals surface area contributed by atoms with Gasteiger partial charge in [0.1, 0.15) is 0 Å². The summed E-state index contributed by atoms with van der Waals surface area (Å²) in [5.41, 5.74) is -0.559. The van der Waals surface area contributed by atoms with E-state index in [4.69, 9.17) is 0 Å². The zero-order valence-electron chi connectivity index (χ0n) is 15.3. The molecule has 3 amide bonds. The Labute approximate surface area is 139 Å². The molecule has 0 saturated carbocycles. The van der Waals surface area contributed by atoms with Crippen LogP contribution in [0.2, 0.25) is 0 Å². The first kappa shape index (κ1) is 19.4. The number of allylic oxidation sites excluding steroid dienone is 1. The van der Waals surface area contributed by atoms with Gasteiger partial charge in [0.25, 0.3) is 0 Å². The van der Waals surface area contributed by atoms with Gasteiger partial charge in [-0.05, 0) is 49.9 Å². The monoisotopic (exact) mass is 348 g/mol. The highest BCUT2D eigenvalue weighted by atomic mass is 32.3. The molecule has 1 heterocycles. The Hall–Kier alpha value is -0.620. The van der Waals surface area contributed by atoms with Gasteiger partial charge in [-0.1, -0.05) is 19.9 Å². The van der Waals surface area contributed by atoms with E-state index < -0.39 is 25.8 Å². The number of carbonyl (C=O) groups excluding carboxylic acids is 2. The molecule has 1 aliphatic heterocycles. The van der Waals surface area contributed by atoms with Gasteiger partial charge in [-0.3, -0.25) is 9.10 Å². The summed E-state index contributed by atoms with van der Waals surface area (Å²) >= 11 is 0. The first-order chi connectivity index (χ1) is 9.79. The van der Waals surface area contributed by atoms with Crippen LogP contribution in [0.25, 0.3) is 0 Å². The van der Waals surface area contributed by atoms with Crippen LogP contribution in [0.4, 0.5) is 4.79 Å². The van der Waals surface area contributed by atoms with Crippen LogP contribution in [-0.4, -0.2) is 64.6 Å². The van der Waals surface area contributed by atoms with Gasteiger partial charge < -0.3 is 0 Å². The minimum absolute atomic E-state index is 0.0187. The maximum Gasteiger partial charge on any atom is 0.344 e. The normalized spacial score (nSPS) is 25.7. The molecule has 0 N–H and O–H groups in total. The molecule has 1 saturated heterocycles. The molecule has 0 bridgehead atoms. The van der Waals surface area contributed by atoms with Gasteiger partial charge in [0.15, 0.2) is 0 Å².